The number of hydrogen-bond donors (Lipinski definition) is 1. The number of amides is 1. The van der Waals surface area contributed by atoms with Crippen molar-refractivity contribution in [2.24, 2.45) is 0 Å². The summed E-state index contributed by atoms with van der Waals surface area (Å²) in [7, 11) is 0. The predicted molar refractivity (Wildman–Crippen MR) is 99.5 cm³/mol. The fourth-order valence-corrected chi connectivity index (χ4v) is 3.37. The first-order valence-electron chi connectivity index (χ1n) is 8.53. The van der Waals surface area contributed by atoms with Crippen LogP contribution < -0.4 is 5.73 Å². The second kappa shape index (κ2) is 5.91. The lowest BCUT2D eigenvalue weighted by Crippen LogP contribution is -2.25. The van der Waals surface area contributed by atoms with Crippen molar-refractivity contribution in [1.82, 2.24) is 20.0 Å². The van der Waals surface area contributed by atoms with E-state index in [2.05, 4.69) is 15.1 Å². The zero-order chi connectivity index (χ0) is 18.4. The zero-order valence-electron chi connectivity index (χ0n) is 14.3. The summed E-state index contributed by atoms with van der Waals surface area (Å²) in [5.41, 5.74) is 9.58. The molecule has 132 valence electrons. The highest BCUT2D eigenvalue weighted by Crippen LogP contribution is 2.30. The van der Waals surface area contributed by atoms with Crippen LogP contribution in [0.2, 0.25) is 0 Å². The van der Waals surface area contributed by atoms with Crippen molar-refractivity contribution in [3.8, 4) is 11.3 Å². The number of nitrogens with two attached hydrogens (primary N) is 1. The van der Waals surface area contributed by atoms with Crippen LogP contribution in [-0.2, 0) is 13.1 Å². The van der Waals surface area contributed by atoms with Crippen molar-refractivity contribution >= 4 is 22.8 Å². The molecular weight excluding hydrogens is 342 g/mol. The normalized spacial score (nSPS) is 13.1. The van der Waals surface area contributed by atoms with Gasteiger partial charge in [-0.1, -0.05) is 35.5 Å². The molecular formula is C20H15N5O2. The van der Waals surface area contributed by atoms with Crippen LogP contribution >= 0.6 is 0 Å². The number of fused-ring (bicyclic) bond motifs is 2. The molecule has 7 nitrogen and oxygen atoms in total. The standard InChI is InChI=1S/C20H15N5O2/c21-20-22-9-14-10-25(11-17(14)23-20)19(26)13-6-7-16-15(8-13)18(27-24-16)12-4-2-1-3-5-12/h1-9H,10-11H2,(H2,21,22,23). The van der Waals surface area contributed by atoms with Crippen molar-refractivity contribution in [3.05, 3.63) is 71.5 Å². The van der Waals surface area contributed by atoms with E-state index in [1.165, 1.54) is 0 Å². The maximum atomic E-state index is 13.0. The molecule has 0 atom stereocenters. The molecule has 2 aromatic carbocycles. The molecule has 1 aliphatic heterocycles. The van der Waals surface area contributed by atoms with E-state index in [0.29, 0.717) is 29.9 Å². The highest BCUT2D eigenvalue weighted by Gasteiger charge is 2.26. The van der Waals surface area contributed by atoms with Crippen LogP contribution in [0.1, 0.15) is 21.6 Å². The van der Waals surface area contributed by atoms with E-state index in [4.69, 9.17) is 10.3 Å². The third-order valence-corrected chi connectivity index (χ3v) is 4.72. The molecule has 2 aromatic heterocycles. The van der Waals surface area contributed by atoms with Crippen LogP contribution in [0.15, 0.2) is 59.3 Å². The Morgan fingerprint density at radius 1 is 1.11 bits per heavy atom. The number of anilines is 1. The molecule has 7 heteroatoms. The van der Waals surface area contributed by atoms with E-state index in [9.17, 15) is 4.79 Å². The number of aromatic nitrogens is 3. The minimum Gasteiger partial charge on any atom is -0.368 e. The van der Waals surface area contributed by atoms with Gasteiger partial charge >= 0.3 is 0 Å². The molecule has 2 N–H and O–H groups in total. The van der Waals surface area contributed by atoms with Crippen molar-refractivity contribution in [1.29, 1.82) is 0 Å². The predicted octanol–water partition coefficient (Wildman–Crippen LogP) is 3.02. The molecule has 0 spiro atoms. The molecule has 0 saturated carbocycles. The number of nitrogen functional groups attached to an aromatic ring is 1. The molecule has 27 heavy (non-hydrogen) atoms. The second-order valence-corrected chi connectivity index (χ2v) is 6.47. The molecule has 0 bridgehead atoms. The number of carbonyl (C=O) groups excluding carboxylic acids is 1. The Hall–Kier alpha value is -3.74. The van der Waals surface area contributed by atoms with Gasteiger partial charge in [0.05, 0.1) is 17.6 Å². The topological polar surface area (TPSA) is 98.1 Å². The van der Waals surface area contributed by atoms with Crippen molar-refractivity contribution < 1.29 is 9.32 Å². The van der Waals surface area contributed by atoms with Gasteiger partial charge in [0, 0.05) is 29.4 Å². The van der Waals surface area contributed by atoms with Gasteiger partial charge in [0.2, 0.25) is 5.95 Å². The fraction of sp³-hybridized carbons (Fsp3) is 0.100. The largest absolute Gasteiger partial charge is 0.368 e. The van der Waals surface area contributed by atoms with Gasteiger partial charge in [0.15, 0.2) is 5.76 Å². The zero-order valence-corrected chi connectivity index (χ0v) is 14.3. The summed E-state index contributed by atoms with van der Waals surface area (Å²) in [5.74, 6) is 0.804. The van der Waals surface area contributed by atoms with Crippen LogP contribution in [0.3, 0.4) is 0 Å². The molecule has 4 aromatic rings. The number of rotatable bonds is 2. The van der Waals surface area contributed by atoms with Gasteiger partial charge in [-0.3, -0.25) is 4.79 Å². The SMILES string of the molecule is Nc1ncc2c(n1)CN(C(=O)c1ccc3noc(-c4ccccc4)c3c1)C2. The monoisotopic (exact) mass is 357 g/mol. The molecule has 0 aliphatic carbocycles. The maximum absolute atomic E-state index is 13.0. The summed E-state index contributed by atoms with van der Waals surface area (Å²) in [5, 5.41) is 4.92. The molecule has 3 heterocycles. The van der Waals surface area contributed by atoms with E-state index in [0.717, 1.165) is 22.2 Å². The maximum Gasteiger partial charge on any atom is 0.254 e. The van der Waals surface area contributed by atoms with Gasteiger partial charge in [0.25, 0.3) is 5.91 Å². The van der Waals surface area contributed by atoms with Crippen LogP contribution in [0.4, 0.5) is 5.95 Å². The minimum atomic E-state index is -0.0753. The summed E-state index contributed by atoms with van der Waals surface area (Å²) < 4.78 is 5.52. The van der Waals surface area contributed by atoms with Gasteiger partial charge in [-0.25, -0.2) is 9.97 Å². The average Bonchev–Trinajstić information content (AvgIpc) is 3.31. The molecule has 0 fully saturated rings. The molecule has 1 amide bonds. The molecule has 1 aliphatic rings. The molecule has 0 unspecified atom stereocenters. The van der Waals surface area contributed by atoms with Gasteiger partial charge in [0.1, 0.15) is 5.52 Å². The van der Waals surface area contributed by atoms with E-state index in [1.54, 1.807) is 23.2 Å². The lowest BCUT2D eigenvalue weighted by atomic mass is 10.1. The van der Waals surface area contributed by atoms with Gasteiger partial charge in [-0.2, -0.15) is 0 Å². The first kappa shape index (κ1) is 15.5. The lowest BCUT2D eigenvalue weighted by Gasteiger charge is -2.15. The van der Waals surface area contributed by atoms with Gasteiger partial charge < -0.3 is 15.2 Å². The Balaban J connectivity index is 1.50. The summed E-state index contributed by atoms with van der Waals surface area (Å²) in [6.07, 6.45) is 1.68. The number of nitrogens with zero attached hydrogens (tertiary/aromatic N) is 4. The summed E-state index contributed by atoms with van der Waals surface area (Å²) in [6, 6.07) is 15.1. The first-order chi connectivity index (χ1) is 13.2. The Kier molecular flexibility index (Phi) is 3.39. The van der Waals surface area contributed by atoms with E-state index >= 15 is 0 Å². The summed E-state index contributed by atoms with van der Waals surface area (Å²) >= 11 is 0. The van der Waals surface area contributed by atoms with Crippen molar-refractivity contribution in [2.75, 3.05) is 5.73 Å². The highest BCUT2D eigenvalue weighted by molar-refractivity contribution is 6.01. The Bertz CT molecular complexity index is 1170. The highest BCUT2D eigenvalue weighted by atomic mass is 16.5. The second-order valence-electron chi connectivity index (χ2n) is 6.47. The quantitative estimate of drug-likeness (QED) is 0.592. The molecule has 0 radical (unpaired) electrons. The summed E-state index contributed by atoms with van der Waals surface area (Å²) in [6.45, 7) is 0.899. The minimum absolute atomic E-state index is 0.0753. The van der Waals surface area contributed by atoms with E-state index in [1.807, 2.05) is 36.4 Å². The van der Waals surface area contributed by atoms with Gasteiger partial charge in [-0.05, 0) is 18.2 Å². The van der Waals surface area contributed by atoms with Crippen LogP contribution in [0.5, 0.6) is 0 Å². The van der Waals surface area contributed by atoms with E-state index < -0.39 is 0 Å². The summed E-state index contributed by atoms with van der Waals surface area (Å²) in [4.78, 5) is 23.0. The number of carbonyl (C=O) groups is 1. The third-order valence-electron chi connectivity index (χ3n) is 4.72. The fourth-order valence-electron chi connectivity index (χ4n) is 3.37. The van der Waals surface area contributed by atoms with Gasteiger partial charge in [-0.15, -0.1) is 0 Å². The molecule has 0 saturated heterocycles. The Morgan fingerprint density at radius 3 is 2.81 bits per heavy atom. The van der Waals surface area contributed by atoms with Crippen molar-refractivity contribution in [2.45, 2.75) is 13.1 Å². The Labute approximate surface area is 154 Å². The van der Waals surface area contributed by atoms with Crippen LogP contribution in [0, 0.1) is 0 Å². The van der Waals surface area contributed by atoms with Crippen LogP contribution in [-0.4, -0.2) is 25.9 Å². The first-order valence-corrected chi connectivity index (χ1v) is 8.53. The van der Waals surface area contributed by atoms with Crippen LogP contribution in [0.25, 0.3) is 22.2 Å². The Morgan fingerprint density at radius 2 is 1.96 bits per heavy atom. The molecule has 5 rings (SSSR count). The third kappa shape index (κ3) is 2.60. The lowest BCUT2D eigenvalue weighted by molar-refractivity contribution is 0.0750. The van der Waals surface area contributed by atoms with E-state index in [-0.39, 0.29) is 11.9 Å². The van der Waals surface area contributed by atoms with Crippen molar-refractivity contribution in [3.63, 3.8) is 0 Å². The average molecular weight is 357 g/mol. The number of benzene rings is 2. The number of hydrogen-bond acceptors (Lipinski definition) is 6. The smallest absolute Gasteiger partial charge is 0.254 e.